The highest BCUT2D eigenvalue weighted by Gasteiger charge is 2.35. The van der Waals surface area contributed by atoms with Crippen molar-refractivity contribution in [3.8, 4) is 5.75 Å². The molecule has 120 valence electrons. The highest BCUT2D eigenvalue weighted by atomic mass is 19.4. The summed E-state index contributed by atoms with van der Waals surface area (Å²) in [5.41, 5.74) is -1.42. The van der Waals surface area contributed by atoms with Crippen LogP contribution in [0.25, 0.3) is 0 Å². The highest BCUT2D eigenvalue weighted by Crippen LogP contribution is 2.35. The minimum Gasteiger partial charge on any atom is -0.405 e. The SMILES string of the molecule is CC(C)(C)NCCC(C)(O)c1ccccc1OC(F)(F)F. The number of aliphatic hydroxyl groups is 1. The lowest BCUT2D eigenvalue weighted by Gasteiger charge is -2.28. The van der Waals surface area contributed by atoms with Gasteiger partial charge in [-0.2, -0.15) is 0 Å². The quantitative estimate of drug-likeness (QED) is 0.874. The van der Waals surface area contributed by atoms with Crippen LogP contribution in [-0.4, -0.2) is 23.6 Å². The Bertz CT molecular complexity index is 465. The zero-order valence-electron chi connectivity index (χ0n) is 12.7. The lowest BCUT2D eigenvalue weighted by molar-refractivity contribution is -0.275. The molecule has 0 heterocycles. The molecule has 0 aliphatic carbocycles. The van der Waals surface area contributed by atoms with Gasteiger partial charge in [0.15, 0.2) is 0 Å². The molecule has 0 radical (unpaired) electrons. The Morgan fingerprint density at radius 2 is 1.67 bits per heavy atom. The first-order valence-electron chi connectivity index (χ1n) is 6.73. The van der Waals surface area contributed by atoms with Crippen LogP contribution in [0.4, 0.5) is 13.2 Å². The van der Waals surface area contributed by atoms with Gasteiger partial charge in [-0.05, 0) is 46.7 Å². The molecule has 0 fully saturated rings. The predicted octanol–water partition coefficient (Wildman–Crippen LogP) is 3.57. The Kier molecular flexibility index (Phi) is 5.28. The minimum absolute atomic E-state index is 0.123. The number of hydrogen-bond acceptors (Lipinski definition) is 3. The van der Waals surface area contributed by atoms with E-state index in [-0.39, 0.29) is 23.3 Å². The third-order valence-electron chi connectivity index (χ3n) is 2.96. The van der Waals surface area contributed by atoms with Crippen molar-refractivity contribution >= 4 is 0 Å². The van der Waals surface area contributed by atoms with Gasteiger partial charge < -0.3 is 15.2 Å². The van der Waals surface area contributed by atoms with E-state index in [1.54, 1.807) is 6.07 Å². The molecule has 1 unspecified atom stereocenters. The summed E-state index contributed by atoms with van der Waals surface area (Å²) in [6, 6.07) is 5.66. The van der Waals surface area contributed by atoms with Crippen LogP contribution in [0.3, 0.4) is 0 Å². The molecule has 1 aromatic rings. The van der Waals surface area contributed by atoms with Gasteiger partial charge in [-0.15, -0.1) is 13.2 Å². The number of ether oxygens (including phenoxy) is 1. The summed E-state index contributed by atoms with van der Waals surface area (Å²) < 4.78 is 41.2. The van der Waals surface area contributed by atoms with E-state index in [0.29, 0.717) is 6.54 Å². The van der Waals surface area contributed by atoms with Crippen LogP contribution in [-0.2, 0) is 5.60 Å². The Morgan fingerprint density at radius 3 is 2.19 bits per heavy atom. The smallest absolute Gasteiger partial charge is 0.405 e. The molecule has 0 saturated carbocycles. The monoisotopic (exact) mass is 305 g/mol. The van der Waals surface area contributed by atoms with E-state index < -0.39 is 12.0 Å². The van der Waals surface area contributed by atoms with Crippen LogP contribution in [0.5, 0.6) is 5.75 Å². The van der Waals surface area contributed by atoms with Crippen LogP contribution in [0.2, 0.25) is 0 Å². The Labute approximate surface area is 123 Å². The maximum absolute atomic E-state index is 12.4. The molecule has 0 saturated heterocycles. The van der Waals surface area contributed by atoms with E-state index in [0.717, 1.165) is 0 Å². The fraction of sp³-hybridized carbons (Fsp3) is 0.600. The van der Waals surface area contributed by atoms with Crippen molar-refractivity contribution in [2.75, 3.05) is 6.54 Å². The second-order valence-electron chi connectivity index (χ2n) is 6.24. The minimum atomic E-state index is -4.78. The van der Waals surface area contributed by atoms with E-state index in [1.165, 1.54) is 25.1 Å². The van der Waals surface area contributed by atoms with Crippen molar-refractivity contribution < 1.29 is 23.0 Å². The number of nitrogens with one attached hydrogen (secondary N) is 1. The zero-order valence-corrected chi connectivity index (χ0v) is 12.7. The Hall–Kier alpha value is -1.27. The van der Waals surface area contributed by atoms with Crippen LogP contribution >= 0.6 is 0 Å². The number of halogens is 3. The van der Waals surface area contributed by atoms with Gasteiger partial charge in [0.25, 0.3) is 0 Å². The maximum Gasteiger partial charge on any atom is 0.573 e. The van der Waals surface area contributed by atoms with Gasteiger partial charge in [0.2, 0.25) is 0 Å². The second kappa shape index (κ2) is 6.23. The molecule has 2 N–H and O–H groups in total. The van der Waals surface area contributed by atoms with Crippen LogP contribution in [0.1, 0.15) is 39.7 Å². The van der Waals surface area contributed by atoms with Gasteiger partial charge in [0, 0.05) is 11.1 Å². The van der Waals surface area contributed by atoms with Gasteiger partial charge >= 0.3 is 6.36 Å². The normalized spacial score (nSPS) is 15.6. The van der Waals surface area contributed by atoms with Crippen LogP contribution in [0.15, 0.2) is 24.3 Å². The van der Waals surface area contributed by atoms with Crippen LogP contribution < -0.4 is 10.1 Å². The molecule has 3 nitrogen and oxygen atoms in total. The summed E-state index contributed by atoms with van der Waals surface area (Å²) in [5.74, 6) is -0.370. The van der Waals surface area contributed by atoms with Gasteiger partial charge in [-0.25, -0.2) is 0 Å². The molecule has 0 amide bonds. The summed E-state index contributed by atoms with van der Waals surface area (Å²) >= 11 is 0. The van der Waals surface area contributed by atoms with Crippen molar-refractivity contribution in [1.82, 2.24) is 5.32 Å². The van der Waals surface area contributed by atoms with E-state index >= 15 is 0 Å². The highest BCUT2D eigenvalue weighted by molar-refractivity contribution is 5.37. The van der Waals surface area contributed by atoms with E-state index in [4.69, 9.17) is 0 Å². The van der Waals surface area contributed by atoms with E-state index in [9.17, 15) is 18.3 Å². The maximum atomic E-state index is 12.4. The zero-order chi connectivity index (χ0) is 16.3. The molecular formula is C15H22F3NO2. The molecule has 6 heteroatoms. The molecular weight excluding hydrogens is 283 g/mol. The number of benzene rings is 1. The molecule has 0 bridgehead atoms. The standard InChI is InChI=1S/C15H22F3NO2/c1-13(2,3)19-10-9-14(4,20)11-7-5-6-8-12(11)21-15(16,17)18/h5-8,19-20H,9-10H2,1-4H3. The molecule has 1 rings (SSSR count). The summed E-state index contributed by atoms with van der Waals surface area (Å²) in [6.45, 7) is 7.88. The first-order valence-corrected chi connectivity index (χ1v) is 6.73. The van der Waals surface area contributed by atoms with Gasteiger partial charge in [-0.1, -0.05) is 18.2 Å². The fourth-order valence-electron chi connectivity index (χ4n) is 1.94. The van der Waals surface area contributed by atoms with Crippen molar-refractivity contribution in [3.05, 3.63) is 29.8 Å². The largest absolute Gasteiger partial charge is 0.573 e. The van der Waals surface area contributed by atoms with Gasteiger partial charge in [0.1, 0.15) is 5.75 Å². The Balaban J connectivity index is 2.87. The van der Waals surface area contributed by atoms with E-state index in [1.807, 2.05) is 20.8 Å². The molecule has 1 aromatic carbocycles. The molecule has 21 heavy (non-hydrogen) atoms. The molecule has 0 aromatic heterocycles. The third-order valence-corrected chi connectivity index (χ3v) is 2.96. The summed E-state index contributed by atoms with van der Waals surface area (Å²) in [6.07, 6.45) is -4.52. The first kappa shape index (κ1) is 17.8. The molecule has 0 spiro atoms. The summed E-state index contributed by atoms with van der Waals surface area (Å²) in [5, 5.41) is 13.7. The number of alkyl halides is 3. The number of hydrogen-bond donors (Lipinski definition) is 2. The van der Waals surface area contributed by atoms with Crippen molar-refractivity contribution in [2.24, 2.45) is 0 Å². The lowest BCUT2D eigenvalue weighted by atomic mass is 9.91. The third kappa shape index (κ3) is 6.35. The van der Waals surface area contributed by atoms with Gasteiger partial charge in [-0.3, -0.25) is 0 Å². The van der Waals surface area contributed by atoms with Crippen molar-refractivity contribution in [1.29, 1.82) is 0 Å². The fourth-order valence-corrected chi connectivity index (χ4v) is 1.94. The molecule has 0 aliphatic rings. The molecule has 0 aliphatic heterocycles. The Morgan fingerprint density at radius 1 is 1.10 bits per heavy atom. The van der Waals surface area contributed by atoms with Crippen molar-refractivity contribution in [2.45, 2.75) is 51.6 Å². The average Bonchev–Trinajstić information content (AvgIpc) is 2.25. The predicted molar refractivity (Wildman–Crippen MR) is 75.1 cm³/mol. The summed E-state index contributed by atoms with van der Waals surface area (Å²) in [4.78, 5) is 0. The summed E-state index contributed by atoms with van der Waals surface area (Å²) in [7, 11) is 0. The topological polar surface area (TPSA) is 41.5 Å². The molecule has 1 atom stereocenters. The second-order valence-corrected chi connectivity index (χ2v) is 6.24. The lowest BCUT2D eigenvalue weighted by Crippen LogP contribution is -2.39. The van der Waals surface area contributed by atoms with E-state index in [2.05, 4.69) is 10.1 Å². The van der Waals surface area contributed by atoms with Crippen LogP contribution in [0, 0.1) is 0 Å². The van der Waals surface area contributed by atoms with Gasteiger partial charge in [0.05, 0.1) is 5.60 Å². The van der Waals surface area contributed by atoms with Crippen molar-refractivity contribution in [3.63, 3.8) is 0 Å². The number of rotatable bonds is 5. The number of para-hydroxylation sites is 1. The first-order chi connectivity index (χ1) is 9.41. The average molecular weight is 305 g/mol.